The molecule has 2 amide bonds. The predicted octanol–water partition coefficient (Wildman–Crippen LogP) is 0.978. The van der Waals surface area contributed by atoms with Gasteiger partial charge in [-0.15, -0.1) is 0 Å². The van der Waals surface area contributed by atoms with Gasteiger partial charge in [-0.25, -0.2) is 9.69 Å². The van der Waals surface area contributed by atoms with Crippen LogP contribution in [-0.2, 0) is 26.3 Å². The highest BCUT2D eigenvalue weighted by molar-refractivity contribution is 6.06. The minimum atomic E-state index is -1.27. The number of nitrogens with two attached hydrogens (primary N) is 1. The summed E-state index contributed by atoms with van der Waals surface area (Å²) in [7, 11) is 0. The number of amides is 2. The molecule has 1 fully saturated rings. The van der Waals surface area contributed by atoms with Gasteiger partial charge in [0, 0.05) is 17.7 Å². The number of aryl methyl sites for hydroxylation is 1. The number of hydrogen-bond acceptors (Lipinski definition) is 5. The van der Waals surface area contributed by atoms with Crippen LogP contribution in [0.25, 0.3) is 0 Å². The van der Waals surface area contributed by atoms with E-state index in [-0.39, 0.29) is 12.3 Å². The van der Waals surface area contributed by atoms with E-state index >= 15 is 0 Å². The molecule has 2 aliphatic rings. The fourth-order valence-corrected chi connectivity index (χ4v) is 2.90. The van der Waals surface area contributed by atoms with E-state index in [1.807, 2.05) is 0 Å². The molecule has 2 N–H and O–H groups in total. The van der Waals surface area contributed by atoms with Gasteiger partial charge in [0.25, 0.3) is 5.91 Å². The molecule has 104 valence electrons. The lowest BCUT2D eigenvalue weighted by atomic mass is 9.94. The van der Waals surface area contributed by atoms with Crippen molar-refractivity contribution >= 4 is 23.5 Å². The molecule has 1 atom stereocenters. The third-order valence-corrected chi connectivity index (χ3v) is 3.76. The Morgan fingerprint density at radius 1 is 1.45 bits per heavy atom. The molecular formula is C14H14N2O4. The summed E-state index contributed by atoms with van der Waals surface area (Å²) in [6.07, 6.45) is 0.257. The Morgan fingerprint density at radius 3 is 2.90 bits per heavy atom. The molecule has 1 aliphatic carbocycles. The Hall–Kier alpha value is -2.37. The summed E-state index contributed by atoms with van der Waals surface area (Å²) < 4.78 is 5.35. The zero-order valence-electron chi connectivity index (χ0n) is 11.0. The van der Waals surface area contributed by atoms with Gasteiger partial charge in [-0.2, -0.15) is 0 Å². The number of benzene rings is 1. The molecule has 6 nitrogen and oxygen atoms in total. The Kier molecular flexibility index (Phi) is 2.57. The molecule has 0 radical (unpaired) electrons. The molecule has 1 aromatic carbocycles. The van der Waals surface area contributed by atoms with E-state index in [4.69, 9.17) is 10.5 Å². The zero-order chi connectivity index (χ0) is 14.5. The number of imide groups is 1. The normalized spacial score (nSPS) is 24.1. The highest BCUT2D eigenvalue weighted by atomic mass is 16.6. The van der Waals surface area contributed by atoms with Crippen molar-refractivity contribution in [2.24, 2.45) is 0 Å². The zero-order valence-corrected chi connectivity index (χ0v) is 11.0. The van der Waals surface area contributed by atoms with Crippen LogP contribution in [0.3, 0.4) is 0 Å². The average molecular weight is 274 g/mol. The van der Waals surface area contributed by atoms with Gasteiger partial charge in [-0.3, -0.25) is 9.59 Å². The number of Topliss-reactive ketones (excluding diaryl/α,β-unsaturated/α-hetero) is 1. The van der Waals surface area contributed by atoms with Gasteiger partial charge >= 0.3 is 6.09 Å². The van der Waals surface area contributed by atoms with Crippen LogP contribution in [0.4, 0.5) is 10.5 Å². The molecule has 6 heteroatoms. The highest BCUT2D eigenvalue weighted by Gasteiger charge is 2.58. The summed E-state index contributed by atoms with van der Waals surface area (Å²) >= 11 is 0. The largest absolute Gasteiger partial charge is 0.427 e. The molecule has 20 heavy (non-hydrogen) atoms. The van der Waals surface area contributed by atoms with Crippen molar-refractivity contribution in [1.29, 1.82) is 0 Å². The lowest BCUT2D eigenvalue weighted by Gasteiger charge is -2.20. The molecule has 1 heterocycles. The van der Waals surface area contributed by atoms with Gasteiger partial charge in [-0.05, 0) is 31.0 Å². The van der Waals surface area contributed by atoms with Crippen LogP contribution >= 0.6 is 0 Å². The number of nitrogen functional groups attached to an aromatic ring is 1. The van der Waals surface area contributed by atoms with Gasteiger partial charge in [0.2, 0.25) is 5.60 Å². The van der Waals surface area contributed by atoms with Crippen LogP contribution in [0.2, 0.25) is 0 Å². The first-order valence-electron chi connectivity index (χ1n) is 6.37. The van der Waals surface area contributed by atoms with Gasteiger partial charge < -0.3 is 10.5 Å². The van der Waals surface area contributed by atoms with Crippen LogP contribution in [-0.4, -0.2) is 29.2 Å². The van der Waals surface area contributed by atoms with Crippen LogP contribution in [0.5, 0.6) is 0 Å². The summed E-state index contributed by atoms with van der Waals surface area (Å²) in [6.45, 7) is 1.08. The van der Waals surface area contributed by atoms with Crippen molar-refractivity contribution < 1.29 is 19.1 Å². The summed E-state index contributed by atoms with van der Waals surface area (Å²) in [6, 6.07) is 5.19. The fourth-order valence-electron chi connectivity index (χ4n) is 2.90. The summed E-state index contributed by atoms with van der Waals surface area (Å²) in [5.41, 5.74) is 6.66. The first-order valence-corrected chi connectivity index (χ1v) is 6.37. The van der Waals surface area contributed by atoms with Crippen molar-refractivity contribution in [2.45, 2.75) is 25.4 Å². The van der Waals surface area contributed by atoms with E-state index in [1.54, 1.807) is 18.2 Å². The number of anilines is 1. The van der Waals surface area contributed by atoms with Crippen molar-refractivity contribution in [3.8, 4) is 0 Å². The van der Waals surface area contributed by atoms with Gasteiger partial charge in [-0.1, -0.05) is 6.07 Å². The first-order chi connectivity index (χ1) is 9.44. The molecule has 1 saturated heterocycles. The summed E-state index contributed by atoms with van der Waals surface area (Å²) in [5.74, 6) is -0.718. The SMILES string of the molecule is CC(=O)CN1C(=O)O[C@@]2(CCc3cc(N)ccc32)C1=O. The lowest BCUT2D eigenvalue weighted by molar-refractivity contribution is -0.139. The van der Waals surface area contributed by atoms with Gasteiger partial charge in [0.15, 0.2) is 0 Å². The van der Waals surface area contributed by atoms with Gasteiger partial charge in [0.1, 0.15) is 5.78 Å². The Bertz CT molecular complexity index is 640. The molecule has 0 unspecified atom stereocenters. The predicted molar refractivity (Wildman–Crippen MR) is 69.7 cm³/mol. The average Bonchev–Trinajstić information content (AvgIpc) is 2.84. The molecule has 1 spiro atoms. The molecular weight excluding hydrogens is 260 g/mol. The minimum absolute atomic E-state index is 0.246. The number of fused-ring (bicyclic) bond motifs is 2. The van der Waals surface area contributed by atoms with Crippen molar-refractivity contribution in [1.82, 2.24) is 4.90 Å². The number of ketones is 1. The second kappa shape index (κ2) is 4.06. The van der Waals surface area contributed by atoms with Crippen molar-refractivity contribution in [3.05, 3.63) is 29.3 Å². The standard InChI is InChI=1S/C14H14N2O4/c1-8(17)7-16-12(18)14(20-13(16)19)5-4-9-6-10(15)2-3-11(9)14/h2-3,6H,4-5,7,15H2,1H3/t14-/m1/s1. The Balaban J connectivity index is 2.03. The van der Waals surface area contributed by atoms with Crippen LogP contribution in [0.15, 0.2) is 18.2 Å². The van der Waals surface area contributed by atoms with Gasteiger partial charge in [0.05, 0.1) is 6.54 Å². The number of ether oxygens (including phenoxy) is 1. The molecule has 3 rings (SSSR count). The Morgan fingerprint density at radius 2 is 2.20 bits per heavy atom. The summed E-state index contributed by atoms with van der Waals surface area (Å²) in [4.78, 5) is 36.4. The summed E-state index contributed by atoms with van der Waals surface area (Å²) in [5, 5.41) is 0. The molecule has 1 aromatic rings. The van der Waals surface area contributed by atoms with Crippen molar-refractivity contribution in [2.75, 3.05) is 12.3 Å². The number of carbonyl (C=O) groups is 3. The first kappa shape index (κ1) is 12.7. The lowest BCUT2D eigenvalue weighted by Crippen LogP contribution is -2.39. The molecule has 1 aliphatic heterocycles. The number of carbonyl (C=O) groups excluding carboxylic acids is 3. The third-order valence-electron chi connectivity index (χ3n) is 3.76. The number of nitrogens with zero attached hydrogens (tertiary/aromatic N) is 1. The molecule has 0 aromatic heterocycles. The monoisotopic (exact) mass is 274 g/mol. The maximum Gasteiger partial charge on any atom is 0.418 e. The van der Waals surface area contributed by atoms with E-state index in [0.717, 1.165) is 10.5 Å². The van der Waals surface area contributed by atoms with Crippen molar-refractivity contribution in [3.63, 3.8) is 0 Å². The molecule has 0 bridgehead atoms. The fraction of sp³-hybridized carbons (Fsp3) is 0.357. The van der Waals surface area contributed by atoms with E-state index in [1.165, 1.54) is 6.92 Å². The smallest absolute Gasteiger partial charge is 0.418 e. The van der Waals surface area contributed by atoms with E-state index in [2.05, 4.69) is 0 Å². The second-order valence-corrected chi connectivity index (χ2v) is 5.20. The second-order valence-electron chi connectivity index (χ2n) is 5.20. The highest BCUT2D eigenvalue weighted by Crippen LogP contribution is 2.45. The van der Waals surface area contributed by atoms with E-state index in [9.17, 15) is 14.4 Å². The maximum absolute atomic E-state index is 12.5. The topological polar surface area (TPSA) is 89.7 Å². The number of rotatable bonds is 2. The minimum Gasteiger partial charge on any atom is -0.427 e. The van der Waals surface area contributed by atoms with Crippen LogP contribution in [0, 0.1) is 0 Å². The third kappa shape index (κ3) is 1.61. The maximum atomic E-state index is 12.5. The molecule has 0 saturated carbocycles. The number of hydrogen-bond donors (Lipinski definition) is 1. The van der Waals surface area contributed by atoms with Crippen LogP contribution in [0.1, 0.15) is 24.5 Å². The quantitative estimate of drug-likeness (QED) is 0.812. The van der Waals surface area contributed by atoms with E-state index in [0.29, 0.717) is 24.1 Å². The van der Waals surface area contributed by atoms with Crippen LogP contribution < -0.4 is 5.73 Å². The van der Waals surface area contributed by atoms with E-state index < -0.39 is 17.6 Å². The Labute approximate surface area is 115 Å².